The molecule has 3 rings (SSSR count). The fourth-order valence-corrected chi connectivity index (χ4v) is 4.31. The smallest absolute Gasteiger partial charge is 0.257 e. The molecule has 154 valence electrons. The Morgan fingerprint density at radius 1 is 1.28 bits per heavy atom. The molecule has 3 heterocycles. The molecule has 3 aromatic rings. The Morgan fingerprint density at radius 3 is 2.83 bits per heavy atom. The summed E-state index contributed by atoms with van der Waals surface area (Å²) < 4.78 is 29.8. The van der Waals surface area contributed by atoms with Crippen molar-refractivity contribution in [1.29, 1.82) is 0 Å². The van der Waals surface area contributed by atoms with E-state index < -0.39 is 15.9 Å². The molecule has 1 N–H and O–H groups in total. The second kappa shape index (κ2) is 8.60. The molecule has 0 saturated heterocycles. The van der Waals surface area contributed by atoms with Crippen molar-refractivity contribution in [2.75, 3.05) is 5.75 Å². The van der Waals surface area contributed by atoms with Gasteiger partial charge in [-0.15, -0.1) is 0 Å². The van der Waals surface area contributed by atoms with E-state index in [0.29, 0.717) is 6.42 Å². The van der Waals surface area contributed by atoms with Crippen LogP contribution in [0.1, 0.15) is 37.4 Å². The molecule has 0 bridgehead atoms. The van der Waals surface area contributed by atoms with Crippen LogP contribution in [0.3, 0.4) is 0 Å². The van der Waals surface area contributed by atoms with Crippen molar-refractivity contribution < 1.29 is 13.2 Å². The average Bonchev–Trinajstić information content (AvgIpc) is 3.19. The molecule has 0 radical (unpaired) electrons. The fraction of sp³-hybridized carbons (Fsp3) is 0.350. The number of rotatable bonds is 8. The topological polar surface area (TPSA) is 98.9 Å². The summed E-state index contributed by atoms with van der Waals surface area (Å²) in [7, 11) is -1.80. The molecule has 0 spiro atoms. The molecule has 0 aliphatic heterocycles. The maximum atomic E-state index is 12.2. The van der Waals surface area contributed by atoms with Crippen LogP contribution in [-0.2, 0) is 21.9 Å². The van der Waals surface area contributed by atoms with Crippen LogP contribution in [0.15, 0.2) is 36.8 Å². The van der Waals surface area contributed by atoms with Gasteiger partial charge in [0.15, 0.2) is 0 Å². The zero-order valence-corrected chi connectivity index (χ0v) is 17.6. The van der Waals surface area contributed by atoms with Gasteiger partial charge in [-0.2, -0.15) is 5.10 Å². The Balaban J connectivity index is 1.86. The van der Waals surface area contributed by atoms with Gasteiger partial charge in [-0.05, 0) is 31.6 Å². The highest BCUT2D eigenvalue weighted by molar-refractivity contribution is 7.90. The second-order valence-electron chi connectivity index (χ2n) is 6.89. The molecule has 1 amide bonds. The Morgan fingerprint density at radius 2 is 2.07 bits per heavy atom. The molecule has 29 heavy (non-hydrogen) atoms. The zero-order chi connectivity index (χ0) is 21.0. The number of nitrogens with one attached hydrogen (secondary N) is 1. The van der Waals surface area contributed by atoms with E-state index in [4.69, 9.17) is 0 Å². The Bertz CT molecular complexity index is 1160. The summed E-state index contributed by atoms with van der Waals surface area (Å²) >= 11 is 0. The average molecular weight is 416 g/mol. The number of carbonyl (C=O) groups excluding carboxylic acids is 1. The highest BCUT2D eigenvalue weighted by Crippen LogP contribution is 2.24. The summed E-state index contributed by atoms with van der Waals surface area (Å²) in [6, 6.07) is 3.86. The first-order valence-electron chi connectivity index (χ1n) is 9.50. The van der Waals surface area contributed by atoms with E-state index in [2.05, 4.69) is 14.8 Å². The van der Waals surface area contributed by atoms with Crippen molar-refractivity contribution in [2.24, 2.45) is 7.05 Å². The normalized spacial score (nSPS) is 12.1. The monoisotopic (exact) mass is 415 g/mol. The van der Waals surface area contributed by atoms with E-state index in [0.717, 1.165) is 40.8 Å². The molecule has 0 aliphatic carbocycles. The van der Waals surface area contributed by atoms with Crippen LogP contribution >= 0.6 is 0 Å². The Kier molecular flexibility index (Phi) is 6.17. The lowest BCUT2D eigenvalue weighted by Crippen LogP contribution is -2.31. The van der Waals surface area contributed by atoms with Crippen molar-refractivity contribution in [2.45, 2.75) is 33.1 Å². The minimum absolute atomic E-state index is 0.0546. The standard InChI is InChI=1S/C20H25N5O3S/c1-4-5-6-13-29(27,28)23-19(26)8-7-17-15(2)22-24(3)20(17)25-12-10-16-14-21-11-9-18(16)25/h7-12,14H,4-6,13H2,1-3H3,(H,23,26)/b8-7+. The predicted octanol–water partition coefficient (Wildman–Crippen LogP) is 2.72. The Labute approximate surface area is 170 Å². The molecule has 0 saturated carbocycles. The van der Waals surface area contributed by atoms with Crippen LogP contribution in [0.25, 0.3) is 22.8 Å². The number of carbonyl (C=O) groups is 1. The molecule has 0 aromatic carbocycles. The third-order valence-corrected chi connectivity index (χ3v) is 5.97. The Hall–Kier alpha value is -2.94. The number of hydrogen-bond donors (Lipinski definition) is 1. The van der Waals surface area contributed by atoms with Crippen LogP contribution in [-0.4, -0.2) is 39.4 Å². The summed E-state index contributed by atoms with van der Waals surface area (Å²) in [5, 5.41) is 5.44. The van der Waals surface area contributed by atoms with Gasteiger partial charge in [0.1, 0.15) is 5.82 Å². The first kappa shape index (κ1) is 20.8. The van der Waals surface area contributed by atoms with Gasteiger partial charge in [-0.25, -0.2) is 13.1 Å². The minimum atomic E-state index is -3.63. The van der Waals surface area contributed by atoms with E-state index >= 15 is 0 Å². The number of aromatic nitrogens is 4. The van der Waals surface area contributed by atoms with Crippen molar-refractivity contribution in [3.05, 3.63) is 48.1 Å². The molecule has 0 atom stereocenters. The molecule has 0 unspecified atom stereocenters. The van der Waals surface area contributed by atoms with Gasteiger partial charge in [-0.1, -0.05) is 19.8 Å². The molecule has 3 aromatic heterocycles. The number of pyridine rings is 1. The lowest BCUT2D eigenvalue weighted by atomic mass is 10.2. The van der Waals surface area contributed by atoms with Gasteiger partial charge in [0.05, 0.1) is 17.0 Å². The van der Waals surface area contributed by atoms with E-state index in [1.54, 1.807) is 23.2 Å². The number of hydrogen-bond acceptors (Lipinski definition) is 5. The van der Waals surface area contributed by atoms with E-state index in [1.165, 1.54) is 6.08 Å². The maximum absolute atomic E-state index is 12.2. The van der Waals surface area contributed by atoms with E-state index in [-0.39, 0.29) is 5.75 Å². The summed E-state index contributed by atoms with van der Waals surface area (Å²) in [6.45, 7) is 3.84. The summed E-state index contributed by atoms with van der Waals surface area (Å²) in [4.78, 5) is 16.3. The highest BCUT2D eigenvalue weighted by Gasteiger charge is 2.16. The third kappa shape index (κ3) is 4.73. The fourth-order valence-electron chi connectivity index (χ4n) is 3.25. The molecule has 0 fully saturated rings. The van der Waals surface area contributed by atoms with Gasteiger partial charge >= 0.3 is 0 Å². The zero-order valence-electron chi connectivity index (χ0n) is 16.8. The molecule has 0 aliphatic rings. The van der Waals surface area contributed by atoms with Crippen LogP contribution in [0.5, 0.6) is 0 Å². The van der Waals surface area contributed by atoms with E-state index in [1.807, 2.05) is 43.8 Å². The van der Waals surface area contributed by atoms with Crippen molar-refractivity contribution in [1.82, 2.24) is 24.1 Å². The highest BCUT2D eigenvalue weighted by atomic mass is 32.2. The van der Waals surface area contributed by atoms with Gasteiger partial charge in [0.25, 0.3) is 5.91 Å². The third-order valence-electron chi connectivity index (χ3n) is 4.63. The largest absolute Gasteiger partial charge is 0.301 e. The van der Waals surface area contributed by atoms with Crippen LogP contribution < -0.4 is 4.72 Å². The molecule has 9 heteroatoms. The summed E-state index contributed by atoms with van der Waals surface area (Å²) in [5.41, 5.74) is 2.43. The number of unbranched alkanes of at least 4 members (excludes halogenated alkanes) is 2. The van der Waals surface area contributed by atoms with Crippen molar-refractivity contribution >= 4 is 32.9 Å². The van der Waals surface area contributed by atoms with Crippen molar-refractivity contribution in [3.8, 4) is 5.82 Å². The number of aryl methyl sites for hydroxylation is 2. The molecular weight excluding hydrogens is 390 g/mol. The quantitative estimate of drug-likeness (QED) is 0.450. The minimum Gasteiger partial charge on any atom is -0.301 e. The number of fused-ring (bicyclic) bond motifs is 1. The SMILES string of the molecule is CCCCCS(=O)(=O)NC(=O)/C=C/c1c(C)nn(C)c1-n1ccc2cnccc21. The van der Waals surface area contributed by atoms with Gasteiger partial charge < -0.3 is 4.57 Å². The molecular formula is C20H25N5O3S. The number of nitrogens with zero attached hydrogens (tertiary/aromatic N) is 4. The van der Waals surface area contributed by atoms with Gasteiger partial charge in [0, 0.05) is 42.7 Å². The van der Waals surface area contributed by atoms with Crippen LogP contribution in [0, 0.1) is 6.92 Å². The predicted molar refractivity (Wildman–Crippen MR) is 113 cm³/mol. The van der Waals surface area contributed by atoms with Gasteiger partial charge in [0.2, 0.25) is 10.0 Å². The van der Waals surface area contributed by atoms with Crippen LogP contribution in [0.4, 0.5) is 0 Å². The second-order valence-corrected chi connectivity index (χ2v) is 8.73. The maximum Gasteiger partial charge on any atom is 0.257 e. The summed E-state index contributed by atoms with van der Waals surface area (Å²) in [6.07, 6.45) is 10.5. The first-order chi connectivity index (χ1) is 13.8. The number of sulfonamides is 1. The van der Waals surface area contributed by atoms with E-state index in [9.17, 15) is 13.2 Å². The molecule has 8 nitrogen and oxygen atoms in total. The number of amides is 1. The van der Waals surface area contributed by atoms with Crippen LogP contribution in [0.2, 0.25) is 0 Å². The first-order valence-corrected chi connectivity index (χ1v) is 11.1. The summed E-state index contributed by atoms with van der Waals surface area (Å²) in [5.74, 6) is 0.0527. The lowest BCUT2D eigenvalue weighted by Gasteiger charge is -2.08. The lowest BCUT2D eigenvalue weighted by molar-refractivity contribution is -0.114. The van der Waals surface area contributed by atoms with Gasteiger partial charge in [-0.3, -0.25) is 14.5 Å². The van der Waals surface area contributed by atoms with Crippen molar-refractivity contribution in [3.63, 3.8) is 0 Å².